The maximum absolute atomic E-state index is 10.5. The summed E-state index contributed by atoms with van der Waals surface area (Å²) in [5.74, 6) is 0.110. The van der Waals surface area contributed by atoms with Crippen molar-refractivity contribution in [3.05, 3.63) is 39.7 Å². The molecule has 0 radical (unpaired) electrons. The van der Waals surface area contributed by atoms with Crippen LogP contribution < -0.4 is 4.74 Å². The molecule has 0 amide bonds. The van der Waals surface area contributed by atoms with Crippen molar-refractivity contribution in [2.75, 3.05) is 7.11 Å². The second kappa shape index (κ2) is 3.54. The molecule has 0 atom stereocenters. The van der Waals surface area contributed by atoms with Crippen molar-refractivity contribution in [3.63, 3.8) is 0 Å². The molecule has 5 nitrogen and oxygen atoms in total. The van der Waals surface area contributed by atoms with Crippen molar-refractivity contribution >= 4 is 11.4 Å². The third kappa shape index (κ3) is 1.56. The number of hydrogen-bond donors (Lipinski definition) is 0. The highest BCUT2D eigenvalue weighted by Gasteiger charge is 2.19. The molecule has 66 valence electrons. The minimum atomic E-state index is -0.619. The Kier molecular flexibility index (Phi) is 2.45. The predicted molar refractivity (Wildman–Crippen MR) is 45.9 cm³/mol. The Bertz CT molecular complexity index is 381. The van der Waals surface area contributed by atoms with Crippen LogP contribution in [0.5, 0.6) is 5.75 Å². The normalized spacial score (nSPS) is 8.92. The zero-order valence-electron chi connectivity index (χ0n) is 6.85. The first kappa shape index (κ1) is 9.00. The molecule has 0 aromatic heterocycles. The zero-order valence-corrected chi connectivity index (χ0v) is 6.85. The van der Waals surface area contributed by atoms with E-state index in [1.54, 1.807) is 6.07 Å². The van der Waals surface area contributed by atoms with E-state index in [1.165, 1.54) is 19.2 Å². The summed E-state index contributed by atoms with van der Waals surface area (Å²) < 4.78 is 4.76. The average molecular weight is 178 g/mol. The maximum Gasteiger partial charge on any atom is 0.320 e. The first-order valence-corrected chi connectivity index (χ1v) is 3.39. The van der Waals surface area contributed by atoms with Crippen molar-refractivity contribution in [3.8, 4) is 5.75 Å². The standard InChI is InChI=1S/C8H6N2O3/c1-9-6-4-3-5-7(13-2)8(6)10(11)12/h3-5H,2H3. The highest BCUT2D eigenvalue weighted by molar-refractivity contribution is 5.69. The van der Waals surface area contributed by atoms with Crippen LogP contribution in [-0.4, -0.2) is 12.0 Å². The Hall–Kier alpha value is -2.09. The van der Waals surface area contributed by atoms with Gasteiger partial charge in [0.15, 0.2) is 5.75 Å². The van der Waals surface area contributed by atoms with Crippen LogP contribution in [0.15, 0.2) is 18.2 Å². The van der Waals surface area contributed by atoms with Crippen LogP contribution in [-0.2, 0) is 0 Å². The van der Waals surface area contributed by atoms with E-state index in [0.29, 0.717) is 0 Å². The van der Waals surface area contributed by atoms with Crippen LogP contribution in [0.1, 0.15) is 0 Å². The SMILES string of the molecule is [C-]#[N+]c1cccc(OC)c1[N+](=O)[O-]. The van der Waals surface area contributed by atoms with E-state index in [2.05, 4.69) is 4.85 Å². The van der Waals surface area contributed by atoms with Gasteiger partial charge in [0.2, 0.25) is 0 Å². The lowest BCUT2D eigenvalue weighted by Gasteiger charge is -2.01. The van der Waals surface area contributed by atoms with Crippen LogP contribution in [0, 0.1) is 16.7 Å². The van der Waals surface area contributed by atoms with Crippen LogP contribution in [0.4, 0.5) is 11.4 Å². The Labute approximate surface area is 74.5 Å². The van der Waals surface area contributed by atoms with Crippen LogP contribution in [0.25, 0.3) is 4.85 Å². The Morgan fingerprint density at radius 3 is 2.77 bits per heavy atom. The minimum absolute atomic E-state index is 0.00986. The third-order valence-electron chi connectivity index (χ3n) is 1.50. The summed E-state index contributed by atoms with van der Waals surface area (Å²) >= 11 is 0. The lowest BCUT2D eigenvalue weighted by Crippen LogP contribution is -1.93. The number of nitrogens with zero attached hydrogens (tertiary/aromatic N) is 2. The number of ether oxygens (including phenoxy) is 1. The van der Waals surface area contributed by atoms with Crippen LogP contribution in [0.2, 0.25) is 0 Å². The average Bonchev–Trinajstić information content (AvgIpc) is 2.16. The van der Waals surface area contributed by atoms with E-state index in [4.69, 9.17) is 11.3 Å². The topological polar surface area (TPSA) is 56.7 Å². The molecule has 0 aliphatic carbocycles. The van der Waals surface area contributed by atoms with Gasteiger partial charge in [0, 0.05) is 0 Å². The molecule has 0 fully saturated rings. The van der Waals surface area contributed by atoms with Gasteiger partial charge in [-0.1, -0.05) is 6.07 Å². The van der Waals surface area contributed by atoms with Crippen molar-refractivity contribution in [2.45, 2.75) is 0 Å². The van der Waals surface area contributed by atoms with Gasteiger partial charge in [0.1, 0.15) is 0 Å². The molecular weight excluding hydrogens is 172 g/mol. The summed E-state index contributed by atoms with van der Waals surface area (Å²) in [7, 11) is 1.33. The molecule has 0 bridgehead atoms. The van der Waals surface area contributed by atoms with Crippen LogP contribution >= 0.6 is 0 Å². The molecule has 13 heavy (non-hydrogen) atoms. The van der Waals surface area contributed by atoms with E-state index in [-0.39, 0.29) is 17.1 Å². The third-order valence-corrected chi connectivity index (χ3v) is 1.50. The molecule has 0 spiro atoms. The second-order valence-electron chi connectivity index (χ2n) is 2.20. The lowest BCUT2D eigenvalue weighted by atomic mass is 10.2. The van der Waals surface area contributed by atoms with Gasteiger partial charge in [-0.25, -0.2) is 4.85 Å². The largest absolute Gasteiger partial charge is 0.491 e. The second-order valence-corrected chi connectivity index (χ2v) is 2.20. The summed E-state index contributed by atoms with van der Waals surface area (Å²) in [6.45, 7) is 6.71. The minimum Gasteiger partial charge on any atom is -0.491 e. The first-order chi connectivity index (χ1) is 6.20. The fourth-order valence-corrected chi connectivity index (χ4v) is 0.949. The number of benzene rings is 1. The number of para-hydroxylation sites is 1. The van der Waals surface area contributed by atoms with Gasteiger partial charge in [-0.05, 0) is 12.1 Å². The fourth-order valence-electron chi connectivity index (χ4n) is 0.949. The quantitative estimate of drug-likeness (QED) is 0.396. The van der Waals surface area contributed by atoms with Gasteiger partial charge >= 0.3 is 5.69 Å². The zero-order chi connectivity index (χ0) is 9.84. The highest BCUT2D eigenvalue weighted by Crippen LogP contribution is 2.36. The molecule has 0 aliphatic heterocycles. The molecule has 1 rings (SSSR count). The monoisotopic (exact) mass is 178 g/mol. The summed E-state index contributed by atoms with van der Waals surface area (Å²) in [6, 6.07) is 4.37. The molecule has 0 N–H and O–H groups in total. The summed E-state index contributed by atoms with van der Waals surface area (Å²) in [4.78, 5) is 13.0. The highest BCUT2D eigenvalue weighted by atomic mass is 16.6. The molecule has 0 heterocycles. The molecule has 5 heteroatoms. The fraction of sp³-hybridized carbons (Fsp3) is 0.125. The van der Waals surface area contributed by atoms with Crippen LogP contribution in [0.3, 0.4) is 0 Å². The van der Waals surface area contributed by atoms with Gasteiger partial charge in [-0.3, -0.25) is 10.1 Å². The van der Waals surface area contributed by atoms with Gasteiger partial charge in [-0.2, -0.15) is 0 Å². The summed E-state index contributed by atoms with van der Waals surface area (Å²) in [6.07, 6.45) is 0. The van der Waals surface area contributed by atoms with Crippen molar-refractivity contribution in [1.29, 1.82) is 0 Å². The molecule has 1 aromatic carbocycles. The van der Waals surface area contributed by atoms with E-state index in [1.807, 2.05) is 0 Å². The van der Waals surface area contributed by atoms with E-state index < -0.39 is 4.92 Å². The van der Waals surface area contributed by atoms with Gasteiger partial charge in [-0.15, -0.1) is 0 Å². The molecule has 0 saturated heterocycles. The van der Waals surface area contributed by atoms with Crippen molar-refractivity contribution < 1.29 is 9.66 Å². The van der Waals surface area contributed by atoms with E-state index >= 15 is 0 Å². The van der Waals surface area contributed by atoms with E-state index in [0.717, 1.165) is 0 Å². The van der Waals surface area contributed by atoms with Crippen molar-refractivity contribution in [1.82, 2.24) is 0 Å². The molecule has 0 saturated carbocycles. The smallest absolute Gasteiger partial charge is 0.320 e. The number of methoxy groups -OCH3 is 1. The molecule has 1 aromatic rings. The van der Waals surface area contributed by atoms with Gasteiger partial charge < -0.3 is 4.74 Å². The van der Waals surface area contributed by atoms with Gasteiger partial charge in [0.05, 0.1) is 18.6 Å². The number of rotatable bonds is 2. The molecule has 0 unspecified atom stereocenters. The van der Waals surface area contributed by atoms with Gasteiger partial charge in [0.25, 0.3) is 5.69 Å². The number of nitro groups is 1. The predicted octanol–water partition coefficient (Wildman–Crippen LogP) is 2.15. The number of hydrogen-bond acceptors (Lipinski definition) is 3. The molecular formula is C8H6N2O3. The summed E-state index contributed by atoms with van der Waals surface area (Å²) in [5, 5.41) is 10.5. The molecule has 0 aliphatic rings. The Balaban J connectivity index is 3.41. The Morgan fingerprint density at radius 2 is 2.31 bits per heavy atom. The number of nitro benzene ring substituents is 1. The summed E-state index contributed by atoms with van der Waals surface area (Å²) in [5.41, 5.74) is -0.288. The van der Waals surface area contributed by atoms with Crippen molar-refractivity contribution in [2.24, 2.45) is 0 Å². The first-order valence-electron chi connectivity index (χ1n) is 3.39. The maximum atomic E-state index is 10.5. The van der Waals surface area contributed by atoms with E-state index in [9.17, 15) is 10.1 Å². The lowest BCUT2D eigenvalue weighted by molar-refractivity contribution is -0.384. The Morgan fingerprint density at radius 1 is 1.62 bits per heavy atom.